The van der Waals surface area contributed by atoms with Crippen molar-refractivity contribution in [1.82, 2.24) is 19.5 Å². The van der Waals surface area contributed by atoms with Crippen LogP contribution in [0.4, 0.5) is 0 Å². The van der Waals surface area contributed by atoms with E-state index in [2.05, 4.69) is 187 Å². The summed E-state index contributed by atoms with van der Waals surface area (Å²) in [5.41, 5.74) is 13.2. The van der Waals surface area contributed by atoms with Gasteiger partial charge in [-0.05, 0) is 85.6 Å². The molecule has 0 fully saturated rings. The van der Waals surface area contributed by atoms with Crippen molar-refractivity contribution in [1.29, 1.82) is 0 Å². The molecule has 8 aromatic carbocycles. The van der Waals surface area contributed by atoms with E-state index >= 15 is 0 Å². The van der Waals surface area contributed by atoms with Gasteiger partial charge in [0, 0.05) is 21.9 Å². The van der Waals surface area contributed by atoms with Gasteiger partial charge in [0.1, 0.15) is 0 Å². The minimum Gasteiger partial charge on any atom is -0.278 e. The summed E-state index contributed by atoms with van der Waals surface area (Å²) in [5.74, 6) is 1.83. The lowest BCUT2D eigenvalue weighted by Gasteiger charge is -2.13. The molecule has 0 amide bonds. The number of benzene rings is 8. The predicted octanol–water partition coefficient (Wildman–Crippen LogP) is 12.4. The Labute approximate surface area is 306 Å². The molecule has 2 aromatic heterocycles. The second-order valence-electron chi connectivity index (χ2n) is 13.7. The maximum absolute atomic E-state index is 5.26. The average molecular weight is 675 g/mol. The molecule has 3 heterocycles. The van der Waals surface area contributed by atoms with Gasteiger partial charge in [-0.15, -0.1) is 0 Å². The van der Waals surface area contributed by atoms with Gasteiger partial charge in [-0.2, -0.15) is 9.97 Å². The van der Waals surface area contributed by atoms with E-state index in [0.29, 0.717) is 17.6 Å². The summed E-state index contributed by atoms with van der Waals surface area (Å²) in [6.45, 7) is 0. The van der Waals surface area contributed by atoms with Crippen LogP contribution in [0.25, 0.3) is 106 Å². The summed E-state index contributed by atoms with van der Waals surface area (Å²) in [5, 5.41) is 4.76. The fraction of sp³-hybridized carbons (Fsp3) is 0. The smallest absolute Gasteiger partial charge is 0.238 e. The van der Waals surface area contributed by atoms with Gasteiger partial charge < -0.3 is 0 Å². The second-order valence-corrected chi connectivity index (χ2v) is 13.7. The number of aromatic nitrogens is 4. The van der Waals surface area contributed by atoms with Gasteiger partial charge in [-0.3, -0.25) is 4.57 Å². The molecular formula is C49H30N4. The van der Waals surface area contributed by atoms with Crippen LogP contribution in [0.1, 0.15) is 0 Å². The van der Waals surface area contributed by atoms with Crippen molar-refractivity contribution in [3.05, 3.63) is 182 Å². The van der Waals surface area contributed by atoms with Gasteiger partial charge in [0.05, 0.1) is 11.0 Å². The van der Waals surface area contributed by atoms with E-state index in [9.17, 15) is 0 Å². The van der Waals surface area contributed by atoms with Crippen molar-refractivity contribution >= 4 is 32.6 Å². The van der Waals surface area contributed by atoms with Crippen LogP contribution < -0.4 is 0 Å². The van der Waals surface area contributed by atoms with E-state index in [4.69, 9.17) is 15.0 Å². The Morgan fingerprint density at radius 3 is 1.51 bits per heavy atom. The first-order valence-electron chi connectivity index (χ1n) is 17.9. The largest absolute Gasteiger partial charge is 0.278 e. The van der Waals surface area contributed by atoms with Crippen molar-refractivity contribution < 1.29 is 0 Å². The standard InChI is InChI=1S/C49H30N4/c1-2-17-41-31(9-1)10-8-19-42(41)32-21-23-33(24-22-32)47-50-48-40-16-7-15-38(29-40)36-13-5-11-34(27-36)35-12-6-14-37(28-35)39-25-26-44-43-18-3-4-20-45(43)53(46(44)30-39)49(51-47)52-48/h1-30H. The van der Waals surface area contributed by atoms with Gasteiger partial charge in [0.25, 0.3) is 0 Å². The fourth-order valence-corrected chi connectivity index (χ4v) is 7.96. The highest BCUT2D eigenvalue weighted by atomic mass is 15.2. The summed E-state index contributed by atoms with van der Waals surface area (Å²) < 4.78 is 2.20. The first kappa shape index (κ1) is 29.5. The van der Waals surface area contributed by atoms with Crippen LogP contribution >= 0.6 is 0 Å². The zero-order valence-corrected chi connectivity index (χ0v) is 28.6. The lowest BCUT2D eigenvalue weighted by Crippen LogP contribution is -2.06. The van der Waals surface area contributed by atoms with E-state index in [1.54, 1.807) is 0 Å². The third-order valence-corrected chi connectivity index (χ3v) is 10.6. The van der Waals surface area contributed by atoms with Gasteiger partial charge in [0.2, 0.25) is 5.95 Å². The zero-order chi connectivity index (χ0) is 34.9. The van der Waals surface area contributed by atoms with Crippen LogP contribution in [0.15, 0.2) is 182 Å². The van der Waals surface area contributed by atoms with Gasteiger partial charge in [-0.25, -0.2) is 4.98 Å². The maximum atomic E-state index is 5.26. The molecule has 11 rings (SSSR count). The van der Waals surface area contributed by atoms with Crippen LogP contribution in [0.3, 0.4) is 0 Å². The molecular weight excluding hydrogens is 645 g/mol. The number of fused-ring (bicyclic) bond motifs is 18. The number of hydrogen-bond acceptors (Lipinski definition) is 3. The minimum absolute atomic E-state index is 0.583. The molecule has 10 aromatic rings. The number of hydrogen-bond donors (Lipinski definition) is 0. The third-order valence-electron chi connectivity index (χ3n) is 10.6. The Kier molecular flexibility index (Phi) is 6.52. The Balaban J connectivity index is 1.18. The van der Waals surface area contributed by atoms with Gasteiger partial charge in [-0.1, -0.05) is 152 Å². The Morgan fingerprint density at radius 1 is 0.302 bits per heavy atom. The van der Waals surface area contributed by atoms with E-state index in [0.717, 1.165) is 60.8 Å². The molecule has 0 radical (unpaired) electrons. The molecule has 4 heteroatoms. The van der Waals surface area contributed by atoms with E-state index in [1.165, 1.54) is 27.5 Å². The van der Waals surface area contributed by atoms with Crippen molar-refractivity contribution in [3.8, 4) is 73.2 Å². The Hall–Kier alpha value is -7.17. The molecule has 0 N–H and O–H groups in total. The molecule has 0 unspecified atom stereocenters. The number of rotatable bonds is 2. The third kappa shape index (κ3) is 4.88. The molecule has 1 aliphatic rings. The van der Waals surface area contributed by atoms with Crippen LogP contribution in [-0.2, 0) is 0 Å². The lowest BCUT2D eigenvalue weighted by molar-refractivity contribution is 0.953. The molecule has 0 spiro atoms. The van der Waals surface area contributed by atoms with Gasteiger partial charge in [0.15, 0.2) is 11.6 Å². The number of para-hydroxylation sites is 1. The molecule has 0 saturated carbocycles. The summed E-state index contributed by atoms with van der Waals surface area (Å²) in [4.78, 5) is 15.7. The van der Waals surface area contributed by atoms with E-state index in [-0.39, 0.29) is 0 Å². The Bertz CT molecular complexity index is 3060. The molecule has 4 nitrogen and oxygen atoms in total. The van der Waals surface area contributed by atoms with Crippen LogP contribution in [0.5, 0.6) is 0 Å². The minimum atomic E-state index is 0.583. The van der Waals surface area contributed by atoms with Crippen molar-refractivity contribution in [2.45, 2.75) is 0 Å². The Morgan fingerprint density at radius 2 is 0.792 bits per heavy atom. The maximum Gasteiger partial charge on any atom is 0.238 e. The highest BCUT2D eigenvalue weighted by Gasteiger charge is 2.19. The average Bonchev–Trinajstić information content (AvgIpc) is 3.57. The monoisotopic (exact) mass is 674 g/mol. The molecule has 53 heavy (non-hydrogen) atoms. The molecule has 1 aliphatic heterocycles. The zero-order valence-electron chi connectivity index (χ0n) is 28.6. The van der Waals surface area contributed by atoms with Crippen molar-refractivity contribution in [3.63, 3.8) is 0 Å². The van der Waals surface area contributed by atoms with Crippen molar-refractivity contribution in [2.75, 3.05) is 0 Å². The SMILES string of the molecule is c1cc2cc(c1)-c1cccc(c1)-c1nc(-c3ccc(-c4cccc5ccccc45)cc3)nc(n1)-n1c3ccccc3c3ccc(cc31)-c1cccc-2c1. The molecule has 0 saturated heterocycles. The topological polar surface area (TPSA) is 43.6 Å². The van der Waals surface area contributed by atoms with Crippen molar-refractivity contribution in [2.24, 2.45) is 0 Å². The lowest BCUT2D eigenvalue weighted by atomic mass is 9.95. The normalized spacial score (nSPS) is 11.8. The molecule has 10 bridgehead atoms. The summed E-state index contributed by atoms with van der Waals surface area (Å²) in [6, 6.07) is 65.0. The quantitative estimate of drug-likeness (QED) is 0.183. The predicted molar refractivity (Wildman–Crippen MR) is 218 cm³/mol. The van der Waals surface area contributed by atoms with Gasteiger partial charge >= 0.3 is 0 Å². The van der Waals surface area contributed by atoms with E-state index in [1.807, 2.05) is 0 Å². The summed E-state index contributed by atoms with van der Waals surface area (Å²) in [6.07, 6.45) is 0. The summed E-state index contributed by atoms with van der Waals surface area (Å²) in [7, 11) is 0. The van der Waals surface area contributed by atoms with Crippen LogP contribution in [0.2, 0.25) is 0 Å². The van der Waals surface area contributed by atoms with Crippen LogP contribution in [-0.4, -0.2) is 19.5 Å². The summed E-state index contributed by atoms with van der Waals surface area (Å²) >= 11 is 0. The second kappa shape index (κ2) is 11.7. The first-order valence-corrected chi connectivity index (χ1v) is 17.9. The van der Waals surface area contributed by atoms with E-state index < -0.39 is 0 Å². The molecule has 246 valence electrons. The molecule has 0 atom stereocenters. The highest BCUT2D eigenvalue weighted by molar-refractivity contribution is 6.10. The number of nitrogens with zero attached hydrogens (tertiary/aromatic N) is 4. The first-order chi connectivity index (χ1) is 26.2. The highest BCUT2D eigenvalue weighted by Crippen LogP contribution is 2.38. The van der Waals surface area contributed by atoms with Crippen LogP contribution in [0, 0.1) is 0 Å². The molecule has 0 aliphatic carbocycles. The fourth-order valence-electron chi connectivity index (χ4n) is 7.96.